The SMILES string of the molecule is CC(C)CC(C)c1ccccc1NC(=O)C1=CN(C)NC1C. The largest absolute Gasteiger partial charge is 0.322 e. The Bertz CT molecular complexity index is 565. The van der Waals surface area contributed by atoms with Crippen LogP contribution in [-0.2, 0) is 4.79 Å². The van der Waals surface area contributed by atoms with Gasteiger partial charge >= 0.3 is 0 Å². The molecule has 0 fully saturated rings. The number of amides is 1. The van der Waals surface area contributed by atoms with Crippen molar-refractivity contribution in [3.05, 3.63) is 41.6 Å². The normalized spacial score (nSPS) is 19.3. The molecule has 4 heteroatoms. The number of hydrazine groups is 1. The molecule has 2 N–H and O–H groups in total. The van der Waals surface area contributed by atoms with Crippen molar-refractivity contribution in [2.45, 2.75) is 46.1 Å². The lowest BCUT2D eigenvalue weighted by molar-refractivity contribution is -0.113. The van der Waals surface area contributed by atoms with Gasteiger partial charge in [0.15, 0.2) is 0 Å². The first-order chi connectivity index (χ1) is 10.4. The monoisotopic (exact) mass is 301 g/mol. The van der Waals surface area contributed by atoms with E-state index in [9.17, 15) is 4.79 Å². The fourth-order valence-corrected chi connectivity index (χ4v) is 3.06. The van der Waals surface area contributed by atoms with Crippen molar-refractivity contribution < 1.29 is 4.79 Å². The molecule has 2 unspecified atom stereocenters. The Labute approximate surface area is 133 Å². The Balaban J connectivity index is 2.16. The highest BCUT2D eigenvalue weighted by atomic mass is 16.1. The number of nitrogens with zero attached hydrogens (tertiary/aromatic N) is 1. The molecule has 1 amide bonds. The lowest BCUT2D eigenvalue weighted by Crippen LogP contribution is -2.33. The van der Waals surface area contributed by atoms with E-state index in [2.05, 4.69) is 37.6 Å². The highest BCUT2D eigenvalue weighted by Crippen LogP contribution is 2.29. The molecular weight excluding hydrogens is 274 g/mol. The van der Waals surface area contributed by atoms with Crippen molar-refractivity contribution in [1.82, 2.24) is 10.4 Å². The Morgan fingerprint density at radius 1 is 1.32 bits per heavy atom. The number of hydrogen-bond donors (Lipinski definition) is 2. The number of benzene rings is 1. The molecule has 0 bridgehead atoms. The number of anilines is 1. The molecule has 1 aliphatic rings. The van der Waals surface area contributed by atoms with Crippen LogP contribution in [0.4, 0.5) is 5.69 Å². The van der Waals surface area contributed by atoms with Crippen LogP contribution in [0.25, 0.3) is 0 Å². The van der Waals surface area contributed by atoms with Gasteiger partial charge in [0.05, 0.1) is 11.6 Å². The first kappa shape index (κ1) is 16.6. The molecule has 22 heavy (non-hydrogen) atoms. The average molecular weight is 301 g/mol. The van der Waals surface area contributed by atoms with E-state index in [1.54, 1.807) is 0 Å². The quantitative estimate of drug-likeness (QED) is 0.875. The van der Waals surface area contributed by atoms with Gasteiger partial charge in [-0.25, -0.2) is 5.43 Å². The number of carbonyl (C=O) groups is 1. The van der Waals surface area contributed by atoms with E-state index in [0.29, 0.717) is 11.8 Å². The number of hydrogen-bond acceptors (Lipinski definition) is 3. The molecule has 0 saturated carbocycles. The van der Waals surface area contributed by atoms with Gasteiger partial charge < -0.3 is 10.3 Å². The summed E-state index contributed by atoms with van der Waals surface area (Å²) >= 11 is 0. The summed E-state index contributed by atoms with van der Waals surface area (Å²) in [6, 6.07) is 8.14. The lowest BCUT2D eigenvalue weighted by Gasteiger charge is -2.19. The van der Waals surface area contributed by atoms with Crippen LogP contribution in [0.1, 0.15) is 45.6 Å². The molecule has 0 aromatic heterocycles. The molecule has 0 aliphatic carbocycles. The van der Waals surface area contributed by atoms with E-state index in [4.69, 9.17) is 0 Å². The highest BCUT2D eigenvalue weighted by Gasteiger charge is 2.24. The van der Waals surface area contributed by atoms with E-state index >= 15 is 0 Å². The molecule has 1 heterocycles. The average Bonchev–Trinajstić information content (AvgIpc) is 2.77. The van der Waals surface area contributed by atoms with E-state index in [1.807, 2.05) is 43.4 Å². The molecule has 1 aromatic rings. The van der Waals surface area contributed by atoms with Crippen LogP contribution >= 0.6 is 0 Å². The summed E-state index contributed by atoms with van der Waals surface area (Å²) in [5.74, 6) is 1.02. The first-order valence-electron chi connectivity index (χ1n) is 7.99. The maximum absolute atomic E-state index is 12.5. The molecule has 2 rings (SSSR count). The van der Waals surface area contributed by atoms with Gasteiger partial charge in [0.2, 0.25) is 0 Å². The zero-order valence-corrected chi connectivity index (χ0v) is 14.2. The molecule has 1 aliphatic heterocycles. The van der Waals surface area contributed by atoms with Crippen LogP contribution in [0.2, 0.25) is 0 Å². The highest BCUT2D eigenvalue weighted by molar-refractivity contribution is 6.05. The van der Waals surface area contributed by atoms with Crippen LogP contribution in [0, 0.1) is 5.92 Å². The minimum Gasteiger partial charge on any atom is -0.322 e. The van der Waals surface area contributed by atoms with Gasteiger partial charge in [-0.3, -0.25) is 4.79 Å². The number of para-hydroxylation sites is 1. The van der Waals surface area contributed by atoms with E-state index < -0.39 is 0 Å². The second kappa shape index (κ2) is 6.97. The van der Waals surface area contributed by atoms with Crippen molar-refractivity contribution in [3.63, 3.8) is 0 Å². The van der Waals surface area contributed by atoms with Crippen LogP contribution in [0.3, 0.4) is 0 Å². The lowest BCUT2D eigenvalue weighted by atomic mass is 9.91. The van der Waals surface area contributed by atoms with Crippen molar-refractivity contribution in [2.75, 3.05) is 12.4 Å². The van der Waals surface area contributed by atoms with Gasteiger partial charge in [0.25, 0.3) is 5.91 Å². The Morgan fingerprint density at radius 3 is 2.59 bits per heavy atom. The van der Waals surface area contributed by atoms with Crippen molar-refractivity contribution in [2.24, 2.45) is 5.92 Å². The van der Waals surface area contributed by atoms with Gasteiger partial charge in [-0.1, -0.05) is 39.0 Å². The van der Waals surface area contributed by atoms with Crippen molar-refractivity contribution in [3.8, 4) is 0 Å². The fourth-order valence-electron chi connectivity index (χ4n) is 3.06. The summed E-state index contributed by atoms with van der Waals surface area (Å²) in [7, 11) is 1.90. The third kappa shape index (κ3) is 3.89. The summed E-state index contributed by atoms with van der Waals surface area (Å²) in [4.78, 5) is 12.5. The molecular formula is C18H27N3O. The zero-order chi connectivity index (χ0) is 16.3. The molecule has 0 saturated heterocycles. The molecule has 1 aromatic carbocycles. The molecule has 4 nitrogen and oxygen atoms in total. The zero-order valence-electron chi connectivity index (χ0n) is 14.2. The smallest absolute Gasteiger partial charge is 0.254 e. The summed E-state index contributed by atoms with van der Waals surface area (Å²) in [6.07, 6.45) is 2.95. The maximum Gasteiger partial charge on any atom is 0.254 e. The summed E-state index contributed by atoms with van der Waals surface area (Å²) < 4.78 is 0. The van der Waals surface area contributed by atoms with Crippen LogP contribution < -0.4 is 10.7 Å². The van der Waals surface area contributed by atoms with Gasteiger partial charge in [-0.15, -0.1) is 0 Å². The van der Waals surface area contributed by atoms with Gasteiger partial charge in [0.1, 0.15) is 0 Å². The Morgan fingerprint density at radius 2 is 2.00 bits per heavy atom. The third-order valence-electron chi connectivity index (χ3n) is 4.02. The van der Waals surface area contributed by atoms with Crippen LogP contribution in [0.5, 0.6) is 0 Å². The summed E-state index contributed by atoms with van der Waals surface area (Å²) in [6.45, 7) is 8.66. The van der Waals surface area contributed by atoms with Gasteiger partial charge in [-0.2, -0.15) is 0 Å². The van der Waals surface area contributed by atoms with Crippen molar-refractivity contribution >= 4 is 11.6 Å². The number of rotatable bonds is 5. The standard InChI is InChI=1S/C18H27N3O/c1-12(2)10-13(3)15-8-6-7-9-17(15)19-18(22)16-11-21(5)20-14(16)4/h6-9,11-14,20H,10H2,1-5H3,(H,19,22). The third-order valence-corrected chi connectivity index (χ3v) is 4.02. The van der Waals surface area contributed by atoms with Crippen molar-refractivity contribution in [1.29, 1.82) is 0 Å². The summed E-state index contributed by atoms with van der Waals surface area (Å²) in [5, 5.41) is 4.91. The second-order valence-electron chi connectivity index (χ2n) is 6.62. The van der Waals surface area contributed by atoms with E-state index in [-0.39, 0.29) is 11.9 Å². The predicted molar refractivity (Wildman–Crippen MR) is 91.4 cm³/mol. The van der Waals surface area contributed by atoms with Gasteiger partial charge in [-0.05, 0) is 36.8 Å². The first-order valence-corrected chi connectivity index (χ1v) is 7.99. The molecule has 0 spiro atoms. The molecule has 120 valence electrons. The minimum atomic E-state index is -0.0338. The Hall–Kier alpha value is -1.81. The predicted octanol–water partition coefficient (Wildman–Crippen LogP) is 3.50. The molecule has 2 atom stereocenters. The fraction of sp³-hybridized carbons (Fsp3) is 0.500. The van der Waals surface area contributed by atoms with Crippen LogP contribution in [-0.4, -0.2) is 24.0 Å². The minimum absolute atomic E-state index is 0.0326. The van der Waals surface area contributed by atoms with E-state index in [1.165, 1.54) is 5.56 Å². The van der Waals surface area contributed by atoms with Crippen LogP contribution in [0.15, 0.2) is 36.0 Å². The van der Waals surface area contributed by atoms with E-state index in [0.717, 1.165) is 17.7 Å². The number of carbonyl (C=O) groups excluding carboxylic acids is 1. The number of nitrogens with one attached hydrogen (secondary N) is 2. The second-order valence-corrected chi connectivity index (χ2v) is 6.62. The van der Waals surface area contributed by atoms with Gasteiger partial charge in [0, 0.05) is 18.9 Å². The Kier molecular flexibility index (Phi) is 5.24. The topological polar surface area (TPSA) is 44.4 Å². The maximum atomic E-state index is 12.5. The molecule has 0 radical (unpaired) electrons. The summed E-state index contributed by atoms with van der Waals surface area (Å²) in [5.41, 5.74) is 6.06.